The van der Waals surface area contributed by atoms with Gasteiger partial charge in [-0.05, 0) is 12.1 Å². The van der Waals surface area contributed by atoms with Gasteiger partial charge in [0.1, 0.15) is 5.82 Å². The molecular formula is C5H6ClKN2. The summed E-state index contributed by atoms with van der Waals surface area (Å²) in [7, 11) is 0. The largest absolute Gasteiger partial charge is 1.00 e. The van der Waals surface area contributed by atoms with Gasteiger partial charge in [0.2, 0.25) is 0 Å². The predicted octanol–water partition coefficient (Wildman–Crippen LogP) is -5.33. The summed E-state index contributed by atoms with van der Waals surface area (Å²) in [5.41, 5.74) is 5.25. The third-order valence-electron chi connectivity index (χ3n) is 0.688. The fourth-order valence-electron chi connectivity index (χ4n) is 0.376. The maximum atomic E-state index is 5.25. The van der Waals surface area contributed by atoms with Crippen molar-refractivity contribution in [3.8, 4) is 0 Å². The average Bonchev–Trinajstić information content (AvgIpc) is 1.69. The van der Waals surface area contributed by atoms with Crippen molar-refractivity contribution in [1.82, 2.24) is 4.98 Å². The van der Waals surface area contributed by atoms with Crippen LogP contribution in [0.25, 0.3) is 0 Å². The summed E-state index contributed by atoms with van der Waals surface area (Å²) in [6.07, 6.45) is 1.66. The van der Waals surface area contributed by atoms with E-state index in [2.05, 4.69) is 4.98 Å². The van der Waals surface area contributed by atoms with Crippen LogP contribution in [0.4, 0.5) is 5.82 Å². The molecule has 0 atom stereocenters. The Morgan fingerprint density at radius 3 is 2.22 bits per heavy atom. The Labute approximate surface area is 103 Å². The van der Waals surface area contributed by atoms with Gasteiger partial charge in [0, 0.05) is 6.20 Å². The normalized spacial score (nSPS) is 6.67. The van der Waals surface area contributed by atoms with Crippen LogP contribution in [0, 0.1) is 0 Å². The number of rotatable bonds is 0. The van der Waals surface area contributed by atoms with Crippen LogP contribution in [-0.4, -0.2) is 4.98 Å². The number of nitrogens with zero attached hydrogens (tertiary/aromatic N) is 1. The topological polar surface area (TPSA) is 38.9 Å². The monoisotopic (exact) mass is 168 g/mol. The van der Waals surface area contributed by atoms with Gasteiger partial charge in [0.05, 0.1) is 0 Å². The second-order valence-corrected chi connectivity index (χ2v) is 1.25. The van der Waals surface area contributed by atoms with E-state index >= 15 is 0 Å². The summed E-state index contributed by atoms with van der Waals surface area (Å²) < 4.78 is 0. The van der Waals surface area contributed by atoms with Crippen molar-refractivity contribution in [3.05, 3.63) is 24.4 Å². The quantitative estimate of drug-likeness (QED) is 0.393. The first-order valence-electron chi connectivity index (χ1n) is 2.06. The van der Waals surface area contributed by atoms with Crippen molar-refractivity contribution in [2.24, 2.45) is 0 Å². The average molecular weight is 169 g/mol. The van der Waals surface area contributed by atoms with E-state index in [1.54, 1.807) is 12.3 Å². The number of aromatic nitrogens is 1. The van der Waals surface area contributed by atoms with E-state index in [1.165, 1.54) is 0 Å². The molecule has 0 unspecified atom stereocenters. The molecule has 44 valence electrons. The van der Waals surface area contributed by atoms with Crippen LogP contribution in [0.1, 0.15) is 0 Å². The van der Waals surface area contributed by atoms with Crippen LogP contribution >= 0.6 is 0 Å². The summed E-state index contributed by atoms with van der Waals surface area (Å²) in [6, 6.07) is 5.43. The van der Waals surface area contributed by atoms with Gasteiger partial charge in [-0.15, -0.1) is 0 Å². The number of halogens is 1. The number of nitrogen functional groups attached to an aromatic ring is 1. The summed E-state index contributed by atoms with van der Waals surface area (Å²) in [5.74, 6) is 0.572. The molecule has 0 radical (unpaired) electrons. The molecule has 0 aromatic carbocycles. The van der Waals surface area contributed by atoms with Crippen LogP contribution < -0.4 is 69.5 Å². The molecule has 1 rings (SSSR count). The summed E-state index contributed by atoms with van der Waals surface area (Å²) in [5, 5.41) is 0. The molecule has 9 heavy (non-hydrogen) atoms. The van der Waals surface area contributed by atoms with Crippen molar-refractivity contribution in [2.75, 3.05) is 5.73 Å². The van der Waals surface area contributed by atoms with Gasteiger partial charge in [-0.1, -0.05) is 6.07 Å². The Kier molecular flexibility index (Phi) is 9.74. The van der Waals surface area contributed by atoms with Gasteiger partial charge >= 0.3 is 51.4 Å². The van der Waals surface area contributed by atoms with Crippen molar-refractivity contribution >= 4 is 5.82 Å². The standard InChI is InChI=1S/C5H6N2.ClH.K/c6-5-3-1-2-4-7-5;;/h1-4H,(H2,6,7);1H;/q;;+1/p-1. The third-order valence-corrected chi connectivity index (χ3v) is 0.688. The molecule has 0 saturated carbocycles. The Hall–Kier alpha value is 0.876. The summed E-state index contributed by atoms with van der Waals surface area (Å²) in [6.45, 7) is 0. The van der Waals surface area contributed by atoms with Gasteiger partial charge < -0.3 is 18.1 Å². The van der Waals surface area contributed by atoms with E-state index < -0.39 is 0 Å². The van der Waals surface area contributed by atoms with E-state index in [0.717, 1.165) is 0 Å². The zero-order valence-electron chi connectivity index (χ0n) is 5.21. The van der Waals surface area contributed by atoms with Crippen LogP contribution in [0.3, 0.4) is 0 Å². The first kappa shape index (κ1) is 12.5. The second kappa shape index (κ2) is 6.99. The van der Waals surface area contributed by atoms with E-state index in [0.29, 0.717) is 5.82 Å². The maximum Gasteiger partial charge on any atom is 1.00 e. The van der Waals surface area contributed by atoms with Crippen LogP contribution in [0.5, 0.6) is 0 Å². The maximum absolute atomic E-state index is 5.25. The first-order chi connectivity index (χ1) is 3.39. The minimum atomic E-state index is 0. The van der Waals surface area contributed by atoms with Crippen LogP contribution in [0.15, 0.2) is 24.4 Å². The van der Waals surface area contributed by atoms with Gasteiger partial charge in [0.15, 0.2) is 0 Å². The Morgan fingerprint density at radius 2 is 2.00 bits per heavy atom. The molecule has 4 heteroatoms. The zero-order chi connectivity index (χ0) is 5.11. The fraction of sp³-hybridized carbons (Fsp3) is 0. The van der Waals surface area contributed by atoms with E-state index in [1.807, 2.05) is 12.1 Å². The van der Waals surface area contributed by atoms with Crippen LogP contribution in [0.2, 0.25) is 0 Å². The molecule has 1 aromatic rings. The second-order valence-electron chi connectivity index (χ2n) is 1.25. The van der Waals surface area contributed by atoms with Gasteiger partial charge in [-0.2, -0.15) is 0 Å². The predicted molar refractivity (Wildman–Crippen MR) is 28.6 cm³/mol. The zero-order valence-corrected chi connectivity index (χ0v) is 9.09. The molecule has 0 amide bonds. The number of pyridine rings is 1. The molecule has 0 aliphatic carbocycles. The minimum Gasteiger partial charge on any atom is -1.00 e. The first-order valence-corrected chi connectivity index (χ1v) is 2.06. The van der Waals surface area contributed by atoms with E-state index in [4.69, 9.17) is 5.73 Å². The third kappa shape index (κ3) is 5.33. The Bertz CT molecular complexity index is 145. The van der Waals surface area contributed by atoms with Crippen molar-refractivity contribution in [1.29, 1.82) is 0 Å². The van der Waals surface area contributed by atoms with E-state index in [9.17, 15) is 0 Å². The van der Waals surface area contributed by atoms with Crippen molar-refractivity contribution < 1.29 is 63.8 Å². The van der Waals surface area contributed by atoms with Crippen molar-refractivity contribution in [3.63, 3.8) is 0 Å². The van der Waals surface area contributed by atoms with E-state index in [-0.39, 0.29) is 63.8 Å². The molecule has 1 heterocycles. The number of nitrogens with two attached hydrogens (primary N) is 1. The molecule has 1 aromatic heterocycles. The van der Waals surface area contributed by atoms with Crippen molar-refractivity contribution in [2.45, 2.75) is 0 Å². The van der Waals surface area contributed by atoms with Gasteiger partial charge in [0.25, 0.3) is 0 Å². The Balaban J connectivity index is 0. The van der Waals surface area contributed by atoms with Crippen LogP contribution in [-0.2, 0) is 0 Å². The number of hydrogen-bond donors (Lipinski definition) is 1. The number of anilines is 1. The van der Waals surface area contributed by atoms with Gasteiger partial charge in [-0.25, -0.2) is 4.98 Å². The Morgan fingerprint density at radius 1 is 1.33 bits per heavy atom. The molecule has 0 aliphatic heterocycles. The molecule has 2 N–H and O–H groups in total. The summed E-state index contributed by atoms with van der Waals surface area (Å²) >= 11 is 0. The fourth-order valence-corrected chi connectivity index (χ4v) is 0.376. The molecule has 0 spiro atoms. The summed E-state index contributed by atoms with van der Waals surface area (Å²) in [4.78, 5) is 3.76. The molecular weight excluding hydrogens is 163 g/mol. The molecule has 0 saturated heterocycles. The molecule has 2 nitrogen and oxygen atoms in total. The molecule has 0 aliphatic rings. The molecule has 0 fully saturated rings. The van der Waals surface area contributed by atoms with Gasteiger partial charge in [-0.3, -0.25) is 0 Å². The molecule has 0 bridgehead atoms. The number of hydrogen-bond acceptors (Lipinski definition) is 2. The smallest absolute Gasteiger partial charge is 1.00 e. The SMILES string of the molecule is Nc1ccccn1.[Cl-].[K+]. The minimum absolute atomic E-state index is 0.